The minimum Gasteiger partial charge on any atom is -0.315 e. The van der Waals surface area contributed by atoms with Gasteiger partial charge in [-0.05, 0) is 19.5 Å². The minimum atomic E-state index is 1.18. The van der Waals surface area contributed by atoms with E-state index < -0.39 is 0 Å². The molecule has 0 unspecified atom stereocenters. The molecular weight excluding hydrogens is 239 g/mol. The fourth-order valence-corrected chi connectivity index (χ4v) is 1.93. The van der Waals surface area contributed by atoms with Gasteiger partial charge in [0.1, 0.15) is 0 Å². The quantitative estimate of drug-likeness (QED) is 0.577. The number of nitrogens with one attached hydrogen (secondary N) is 1. The average molecular weight is 254 g/mol. The van der Waals surface area contributed by atoms with Crippen molar-refractivity contribution in [3.8, 4) is 0 Å². The predicted octanol–water partition coefficient (Wildman–Crippen LogP) is 0.717. The average Bonchev–Trinajstić information content (AvgIpc) is 2.17. The van der Waals surface area contributed by atoms with Crippen LogP contribution >= 0.6 is 22.6 Å². The van der Waals surface area contributed by atoms with E-state index in [2.05, 4.69) is 32.8 Å². The number of alkyl halides is 1. The molecule has 10 heavy (non-hydrogen) atoms. The largest absolute Gasteiger partial charge is 0.315 e. The molecule has 0 bridgehead atoms. The first-order valence-corrected chi connectivity index (χ1v) is 5.45. The zero-order valence-electron chi connectivity index (χ0n) is 6.27. The van der Waals surface area contributed by atoms with Gasteiger partial charge in [-0.3, -0.25) is 0 Å². The molecular formula is C7H15IN2. The van der Waals surface area contributed by atoms with Gasteiger partial charge in [0.2, 0.25) is 0 Å². The van der Waals surface area contributed by atoms with Crippen LogP contribution in [-0.2, 0) is 0 Å². The van der Waals surface area contributed by atoms with Crippen molar-refractivity contribution < 1.29 is 0 Å². The second-order valence-electron chi connectivity index (χ2n) is 2.63. The van der Waals surface area contributed by atoms with Crippen molar-refractivity contribution in [2.24, 2.45) is 0 Å². The monoisotopic (exact) mass is 254 g/mol. The fourth-order valence-electron chi connectivity index (χ4n) is 1.24. The normalized spacial score (nSPS) is 22.5. The molecule has 0 aromatic rings. The van der Waals surface area contributed by atoms with E-state index in [9.17, 15) is 0 Å². The van der Waals surface area contributed by atoms with Crippen LogP contribution in [0.25, 0.3) is 0 Å². The molecule has 1 rings (SSSR count). The predicted molar refractivity (Wildman–Crippen MR) is 52.8 cm³/mol. The highest BCUT2D eigenvalue weighted by Crippen LogP contribution is 1.95. The zero-order valence-corrected chi connectivity index (χ0v) is 8.43. The van der Waals surface area contributed by atoms with Crippen LogP contribution in [0.5, 0.6) is 0 Å². The van der Waals surface area contributed by atoms with Gasteiger partial charge in [-0.2, -0.15) is 0 Å². The van der Waals surface area contributed by atoms with Gasteiger partial charge in [-0.1, -0.05) is 22.6 Å². The Morgan fingerprint density at radius 3 is 3.00 bits per heavy atom. The molecule has 0 spiro atoms. The second kappa shape index (κ2) is 5.32. The Morgan fingerprint density at radius 2 is 2.20 bits per heavy atom. The van der Waals surface area contributed by atoms with Crippen LogP contribution in [0.4, 0.5) is 0 Å². The molecule has 0 atom stereocenters. The van der Waals surface area contributed by atoms with Crippen LogP contribution in [-0.4, -0.2) is 42.1 Å². The van der Waals surface area contributed by atoms with Crippen LogP contribution in [0, 0.1) is 0 Å². The van der Waals surface area contributed by atoms with E-state index in [0.717, 1.165) is 0 Å². The first-order chi connectivity index (χ1) is 4.93. The minimum absolute atomic E-state index is 1.18. The van der Waals surface area contributed by atoms with Gasteiger partial charge in [0.05, 0.1) is 0 Å². The molecule has 0 aromatic heterocycles. The summed E-state index contributed by atoms with van der Waals surface area (Å²) in [7, 11) is 0. The van der Waals surface area contributed by atoms with Crippen molar-refractivity contribution in [2.45, 2.75) is 6.42 Å². The van der Waals surface area contributed by atoms with Crippen molar-refractivity contribution in [1.82, 2.24) is 10.2 Å². The molecule has 60 valence electrons. The Labute approximate surface area is 76.5 Å². The van der Waals surface area contributed by atoms with E-state index in [0.29, 0.717) is 0 Å². The van der Waals surface area contributed by atoms with E-state index in [1.165, 1.54) is 43.6 Å². The molecule has 0 aromatic carbocycles. The molecule has 1 N–H and O–H groups in total. The van der Waals surface area contributed by atoms with Gasteiger partial charge < -0.3 is 10.2 Å². The van der Waals surface area contributed by atoms with Crippen molar-refractivity contribution in [3.63, 3.8) is 0 Å². The number of nitrogens with zero attached hydrogens (tertiary/aromatic N) is 1. The third kappa shape index (κ3) is 3.16. The Balaban J connectivity index is 2.15. The second-order valence-corrected chi connectivity index (χ2v) is 3.71. The van der Waals surface area contributed by atoms with Crippen molar-refractivity contribution in [1.29, 1.82) is 0 Å². The van der Waals surface area contributed by atoms with E-state index in [1.807, 2.05) is 0 Å². The lowest BCUT2D eigenvalue weighted by molar-refractivity contribution is 0.313. The molecule has 0 amide bonds. The molecule has 2 nitrogen and oxygen atoms in total. The first-order valence-electron chi connectivity index (χ1n) is 3.92. The molecule has 1 fully saturated rings. The number of hydrogen-bond donors (Lipinski definition) is 1. The molecule has 0 radical (unpaired) electrons. The van der Waals surface area contributed by atoms with Crippen LogP contribution in [0.15, 0.2) is 0 Å². The van der Waals surface area contributed by atoms with Crippen LogP contribution < -0.4 is 5.32 Å². The SMILES string of the molecule is ICCN1CCCNCC1. The molecule has 0 aliphatic carbocycles. The number of halogens is 1. The summed E-state index contributed by atoms with van der Waals surface area (Å²) in [6.45, 7) is 6.18. The first kappa shape index (κ1) is 8.74. The van der Waals surface area contributed by atoms with E-state index in [1.54, 1.807) is 0 Å². The summed E-state index contributed by atoms with van der Waals surface area (Å²) in [5.41, 5.74) is 0. The summed E-state index contributed by atoms with van der Waals surface area (Å²) in [5, 5.41) is 3.39. The fraction of sp³-hybridized carbons (Fsp3) is 1.00. The van der Waals surface area contributed by atoms with E-state index in [-0.39, 0.29) is 0 Å². The van der Waals surface area contributed by atoms with Crippen LogP contribution in [0.1, 0.15) is 6.42 Å². The van der Waals surface area contributed by atoms with E-state index >= 15 is 0 Å². The standard InChI is InChI=1S/C7H15IN2/c8-2-6-10-5-1-3-9-4-7-10/h9H,1-7H2. The van der Waals surface area contributed by atoms with Crippen LogP contribution in [0.3, 0.4) is 0 Å². The summed E-state index contributed by atoms with van der Waals surface area (Å²) in [6, 6.07) is 0. The Bertz CT molecular complexity index is 79.7. The molecule has 1 saturated heterocycles. The van der Waals surface area contributed by atoms with Crippen molar-refractivity contribution in [3.05, 3.63) is 0 Å². The Morgan fingerprint density at radius 1 is 1.30 bits per heavy atom. The third-order valence-corrected chi connectivity index (χ3v) is 2.32. The lowest BCUT2D eigenvalue weighted by Gasteiger charge is -2.16. The summed E-state index contributed by atoms with van der Waals surface area (Å²) in [6.07, 6.45) is 1.32. The molecule has 1 aliphatic rings. The maximum absolute atomic E-state index is 3.39. The number of hydrogen-bond acceptors (Lipinski definition) is 2. The summed E-state index contributed by atoms with van der Waals surface area (Å²) in [5.74, 6) is 0. The van der Waals surface area contributed by atoms with Crippen molar-refractivity contribution in [2.75, 3.05) is 37.2 Å². The van der Waals surface area contributed by atoms with Gasteiger partial charge in [0, 0.05) is 24.1 Å². The van der Waals surface area contributed by atoms with Gasteiger partial charge in [0.25, 0.3) is 0 Å². The summed E-state index contributed by atoms with van der Waals surface area (Å²) in [4.78, 5) is 2.53. The maximum atomic E-state index is 3.39. The highest BCUT2D eigenvalue weighted by molar-refractivity contribution is 14.1. The van der Waals surface area contributed by atoms with E-state index in [4.69, 9.17) is 0 Å². The third-order valence-electron chi connectivity index (χ3n) is 1.83. The van der Waals surface area contributed by atoms with Gasteiger partial charge in [0.15, 0.2) is 0 Å². The van der Waals surface area contributed by atoms with Crippen molar-refractivity contribution >= 4 is 22.6 Å². The summed E-state index contributed by atoms with van der Waals surface area (Å²) >= 11 is 2.44. The topological polar surface area (TPSA) is 15.3 Å². The van der Waals surface area contributed by atoms with Gasteiger partial charge in [-0.15, -0.1) is 0 Å². The Hall–Kier alpha value is 0.650. The highest BCUT2D eigenvalue weighted by Gasteiger charge is 2.05. The zero-order chi connectivity index (χ0) is 7.23. The molecule has 1 heterocycles. The van der Waals surface area contributed by atoms with Gasteiger partial charge in [-0.25, -0.2) is 0 Å². The van der Waals surface area contributed by atoms with Crippen LogP contribution in [0.2, 0.25) is 0 Å². The lowest BCUT2D eigenvalue weighted by Crippen LogP contribution is -2.29. The maximum Gasteiger partial charge on any atom is 0.0123 e. The summed E-state index contributed by atoms with van der Waals surface area (Å²) < 4.78 is 1.26. The van der Waals surface area contributed by atoms with Gasteiger partial charge >= 0.3 is 0 Å². The highest BCUT2D eigenvalue weighted by atomic mass is 127. The smallest absolute Gasteiger partial charge is 0.0123 e. The molecule has 1 aliphatic heterocycles. The Kier molecular flexibility index (Phi) is 4.65. The lowest BCUT2D eigenvalue weighted by atomic mass is 10.4. The molecule has 0 saturated carbocycles. The molecule has 3 heteroatoms. The number of rotatable bonds is 2.